The van der Waals surface area contributed by atoms with Gasteiger partial charge in [-0.3, -0.25) is 0 Å². The van der Waals surface area contributed by atoms with Gasteiger partial charge in [0.2, 0.25) is 0 Å². The minimum atomic E-state index is 0.889. The molecule has 0 bridgehead atoms. The molecule has 1 aromatic heterocycles. The van der Waals surface area contributed by atoms with E-state index < -0.39 is 0 Å². The summed E-state index contributed by atoms with van der Waals surface area (Å²) in [6.07, 6.45) is 0. The van der Waals surface area contributed by atoms with Crippen molar-refractivity contribution in [2.45, 2.75) is 0 Å². The summed E-state index contributed by atoms with van der Waals surface area (Å²) in [5.41, 5.74) is 12.2. The van der Waals surface area contributed by atoms with Crippen LogP contribution in [0.3, 0.4) is 0 Å². The number of fused-ring (bicyclic) bond motifs is 9. The quantitative estimate of drug-likeness (QED) is 0.157. The monoisotopic (exact) mass is 763 g/mol. The van der Waals surface area contributed by atoms with Crippen LogP contribution in [0, 0.1) is 0 Å². The highest BCUT2D eigenvalue weighted by molar-refractivity contribution is 6.16. The van der Waals surface area contributed by atoms with Crippen LogP contribution in [0.4, 0.5) is 17.1 Å². The molecule has 0 aliphatic heterocycles. The van der Waals surface area contributed by atoms with Crippen LogP contribution in [0.25, 0.3) is 98.4 Å². The number of hydrogen-bond acceptors (Lipinski definition) is 2. The lowest BCUT2D eigenvalue weighted by Crippen LogP contribution is -2.11. The molecule has 0 N–H and O–H groups in total. The van der Waals surface area contributed by atoms with E-state index in [4.69, 9.17) is 4.42 Å². The molecule has 0 atom stereocenters. The molecule has 2 heteroatoms. The fraction of sp³-hybridized carbons (Fsp3) is 0. The lowest BCUT2D eigenvalue weighted by molar-refractivity contribution is 0.672. The summed E-state index contributed by atoms with van der Waals surface area (Å²) in [5.74, 6) is 0. The predicted octanol–water partition coefficient (Wildman–Crippen LogP) is 16.7. The van der Waals surface area contributed by atoms with Crippen molar-refractivity contribution in [2.24, 2.45) is 0 Å². The third-order valence-corrected chi connectivity index (χ3v) is 12.2. The first kappa shape index (κ1) is 34.1. The SMILES string of the molecule is c1cc(-c2ccc(N(c3ccccc3-c3ccc4oc5c6ccccc6ccc5c4c3)c3cccc4c3ccc3ccccc34)cc2)cc(-c2ccc3ccccc3c2)c1. The van der Waals surface area contributed by atoms with Crippen molar-refractivity contribution in [1.82, 2.24) is 0 Å². The molecule has 0 fully saturated rings. The van der Waals surface area contributed by atoms with Gasteiger partial charge >= 0.3 is 0 Å². The zero-order valence-electron chi connectivity index (χ0n) is 32.7. The first-order valence-electron chi connectivity index (χ1n) is 20.6. The second-order valence-corrected chi connectivity index (χ2v) is 15.7. The van der Waals surface area contributed by atoms with Crippen LogP contribution in [0.5, 0.6) is 0 Å². The van der Waals surface area contributed by atoms with Gasteiger partial charge in [-0.2, -0.15) is 0 Å². The Labute approximate surface area is 347 Å². The Kier molecular flexibility index (Phi) is 7.89. The van der Waals surface area contributed by atoms with Gasteiger partial charge in [-0.25, -0.2) is 0 Å². The number of rotatable bonds is 6. The topological polar surface area (TPSA) is 16.4 Å². The highest BCUT2D eigenvalue weighted by Gasteiger charge is 2.21. The van der Waals surface area contributed by atoms with Crippen LogP contribution in [0.15, 0.2) is 229 Å². The minimum absolute atomic E-state index is 0.889. The zero-order valence-corrected chi connectivity index (χ0v) is 32.7. The molecular formula is C58H37NO. The van der Waals surface area contributed by atoms with Crippen LogP contribution in [0.1, 0.15) is 0 Å². The van der Waals surface area contributed by atoms with E-state index in [0.29, 0.717) is 0 Å². The van der Waals surface area contributed by atoms with E-state index in [1.807, 2.05) is 0 Å². The maximum Gasteiger partial charge on any atom is 0.143 e. The minimum Gasteiger partial charge on any atom is -0.455 e. The molecule has 60 heavy (non-hydrogen) atoms. The van der Waals surface area contributed by atoms with Gasteiger partial charge in [0.15, 0.2) is 0 Å². The maximum atomic E-state index is 6.54. The fourth-order valence-electron chi connectivity index (χ4n) is 9.26. The largest absolute Gasteiger partial charge is 0.455 e. The van der Waals surface area contributed by atoms with Crippen molar-refractivity contribution in [2.75, 3.05) is 4.90 Å². The van der Waals surface area contributed by atoms with Crippen molar-refractivity contribution < 1.29 is 4.42 Å². The van der Waals surface area contributed by atoms with Gasteiger partial charge in [-0.05, 0) is 115 Å². The Bertz CT molecular complexity index is 3610. The molecule has 0 saturated carbocycles. The van der Waals surface area contributed by atoms with Crippen LogP contribution in [0.2, 0.25) is 0 Å². The maximum absolute atomic E-state index is 6.54. The lowest BCUT2D eigenvalue weighted by atomic mass is 9.96. The summed E-state index contributed by atoms with van der Waals surface area (Å²) >= 11 is 0. The summed E-state index contributed by atoms with van der Waals surface area (Å²) < 4.78 is 6.54. The van der Waals surface area contributed by atoms with E-state index >= 15 is 0 Å². The van der Waals surface area contributed by atoms with Crippen molar-refractivity contribution in [3.8, 4) is 33.4 Å². The van der Waals surface area contributed by atoms with Crippen LogP contribution in [-0.2, 0) is 0 Å². The van der Waals surface area contributed by atoms with Crippen molar-refractivity contribution in [3.63, 3.8) is 0 Å². The van der Waals surface area contributed by atoms with Gasteiger partial charge < -0.3 is 9.32 Å². The Morgan fingerprint density at radius 3 is 1.72 bits per heavy atom. The van der Waals surface area contributed by atoms with E-state index in [1.165, 1.54) is 60.0 Å². The van der Waals surface area contributed by atoms with Crippen LogP contribution in [-0.4, -0.2) is 0 Å². The Morgan fingerprint density at radius 2 is 0.867 bits per heavy atom. The second-order valence-electron chi connectivity index (χ2n) is 15.7. The molecule has 280 valence electrons. The normalized spacial score (nSPS) is 11.7. The number of furan rings is 1. The number of benzene rings is 11. The van der Waals surface area contributed by atoms with Crippen molar-refractivity contribution in [3.05, 3.63) is 224 Å². The van der Waals surface area contributed by atoms with E-state index in [9.17, 15) is 0 Å². The number of nitrogens with zero attached hydrogens (tertiary/aromatic N) is 1. The molecule has 11 aromatic carbocycles. The first-order chi connectivity index (χ1) is 29.7. The van der Waals surface area contributed by atoms with Gasteiger partial charge in [0.25, 0.3) is 0 Å². The highest BCUT2D eigenvalue weighted by atomic mass is 16.3. The van der Waals surface area contributed by atoms with E-state index in [1.54, 1.807) is 0 Å². The molecule has 0 saturated heterocycles. The van der Waals surface area contributed by atoms with Gasteiger partial charge in [-0.1, -0.05) is 170 Å². The predicted molar refractivity (Wildman–Crippen MR) is 255 cm³/mol. The molecular weight excluding hydrogens is 727 g/mol. The van der Waals surface area contributed by atoms with Crippen molar-refractivity contribution in [1.29, 1.82) is 0 Å². The summed E-state index contributed by atoms with van der Waals surface area (Å²) in [6.45, 7) is 0. The average molecular weight is 764 g/mol. The summed E-state index contributed by atoms with van der Waals surface area (Å²) in [4.78, 5) is 2.44. The standard InChI is InChI=1S/C58H37NO/c1-2-14-42-36-45(24-23-38(42)11-1)44-16-9-15-43(35-44)39-25-30-47(31-26-39)59(56-22-10-20-51-48-17-5-3-12-40(48)27-32-52(51)56)55-21-8-7-18-49(55)46-29-34-57-54(37-46)53-33-28-41-13-4-6-19-50(41)58(53)60-57/h1-37H. The molecule has 0 aliphatic carbocycles. The first-order valence-corrected chi connectivity index (χ1v) is 20.6. The van der Waals surface area contributed by atoms with Crippen LogP contribution >= 0.6 is 0 Å². The molecule has 0 spiro atoms. The second kappa shape index (κ2) is 13.9. The molecule has 0 amide bonds. The molecule has 12 aromatic rings. The molecule has 2 nitrogen and oxygen atoms in total. The number of anilines is 3. The fourth-order valence-corrected chi connectivity index (χ4v) is 9.26. The zero-order chi connectivity index (χ0) is 39.6. The molecule has 0 aliphatic rings. The number of hydrogen-bond donors (Lipinski definition) is 0. The van der Waals surface area contributed by atoms with E-state index in [2.05, 4.69) is 229 Å². The van der Waals surface area contributed by atoms with Gasteiger partial charge in [-0.15, -0.1) is 0 Å². The molecule has 1 heterocycles. The molecule has 0 radical (unpaired) electrons. The molecule has 12 rings (SSSR count). The average Bonchev–Trinajstić information content (AvgIpc) is 3.70. The molecule has 0 unspecified atom stereocenters. The van der Waals surface area contributed by atoms with Gasteiger partial charge in [0.1, 0.15) is 11.2 Å². The van der Waals surface area contributed by atoms with E-state index in [0.717, 1.165) is 55.5 Å². The lowest BCUT2D eigenvalue weighted by Gasteiger charge is -2.29. The Morgan fingerprint density at radius 1 is 0.283 bits per heavy atom. The van der Waals surface area contributed by atoms with Gasteiger partial charge in [0, 0.05) is 32.8 Å². The highest BCUT2D eigenvalue weighted by Crippen LogP contribution is 2.46. The summed E-state index contributed by atoms with van der Waals surface area (Å²) in [6, 6.07) is 81.4. The smallest absolute Gasteiger partial charge is 0.143 e. The Hall–Kier alpha value is -7.94. The van der Waals surface area contributed by atoms with Gasteiger partial charge in [0.05, 0.1) is 11.4 Å². The Balaban J connectivity index is 1.01. The van der Waals surface area contributed by atoms with Crippen LogP contribution < -0.4 is 4.90 Å². The third kappa shape index (κ3) is 5.65. The summed E-state index contributed by atoms with van der Waals surface area (Å²) in [7, 11) is 0. The summed E-state index contributed by atoms with van der Waals surface area (Å²) in [5, 5.41) is 12.0. The van der Waals surface area contributed by atoms with Crippen molar-refractivity contribution >= 4 is 82.1 Å². The van der Waals surface area contributed by atoms with E-state index in [-0.39, 0.29) is 0 Å². The third-order valence-electron chi connectivity index (χ3n) is 12.2. The number of para-hydroxylation sites is 1.